The Morgan fingerprint density at radius 2 is 2.05 bits per heavy atom. The summed E-state index contributed by atoms with van der Waals surface area (Å²) in [5.41, 5.74) is 2.34. The molecule has 21 heavy (non-hydrogen) atoms. The average molecular weight is 284 g/mol. The number of methoxy groups -OCH3 is 1. The first-order chi connectivity index (χ1) is 10.2. The van der Waals surface area contributed by atoms with Crippen molar-refractivity contribution in [2.24, 2.45) is 0 Å². The van der Waals surface area contributed by atoms with Crippen molar-refractivity contribution in [3.8, 4) is 23.3 Å². The molecule has 0 bridgehead atoms. The number of rotatable bonds is 4. The van der Waals surface area contributed by atoms with Crippen molar-refractivity contribution in [1.82, 2.24) is 9.97 Å². The second-order valence-electron chi connectivity index (χ2n) is 4.30. The zero-order valence-corrected chi connectivity index (χ0v) is 12.0. The zero-order valence-electron chi connectivity index (χ0n) is 12.0. The molecule has 0 aliphatic carbocycles. The molecule has 5 nitrogen and oxygen atoms in total. The summed E-state index contributed by atoms with van der Waals surface area (Å²) in [4.78, 5) is 8.43. The number of aryl methyl sites for hydroxylation is 1. The van der Waals surface area contributed by atoms with Crippen LogP contribution in [0.1, 0.15) is 17.0 Å². The van der Waals surface area contributed by atoms with Crippen molar-refractivity contribution >= 4 is 0 Å². The summed E-state index contributed by atoms with van der Waals surface area (Å²) < 4.78 is 10.9. The molecule has 1 N–H and O–H groups in total. The second kappa shape index (κ2) is 7.27. The van der Waals surface area contributed by atoms with Gasteiger partial charge in [0.15, 0.2) is 0 Å². The number of aliphatic hydroxyl groups excluding tert-OH is 1. The van der Waals surface area contributed by atoms with Crippen molar-refractivity contribution in [3.63, 3.8) is 0 Å². The molecule has 2 aromatic heterocycles. The second-order valence-corrected chi connectivity index (χ2v) is 4.30. The van der Waals surface area contributed by atoms with Crippen LogP contribution in [0, 0.1) is 18.8 Å². The minimum Gasteiger partial charge on any atom is -0.497 e. The van der Waals surface area contributed by atoms with E-state index in [-0.39, 0.29) is 6.61 Å². The van der Waals surface area contributed by atoms with Crippen molar-refractivity contribution in [2.45, 2.75) is 13.5 Å². The van der Waals surface area contributed by atoms with Gasteiger partial charge in [0.25, 0.3) is 0 Å². The molecule has 0 saturated heterocycles. The lowest BCUT2D eigenvalue weighted by atomic mass is 10.3. The van der Waals surface area contributed by atoms with E-state index in [1.54, 1.807) is 25.6 Å². The molecule has 2 rings (SSSR count). The van der Waals surface area contributed by atoms with Gasteiger partial charge in [0.05, 0.1) is 19.0 Å². The zero-order chi connectivity index (χ0) is 15.1. The lowest BCUT2D eigenvalue weighted by molar-refractivity contribution is 0.298. The molecule has 0 radical (unpaired) electrons. The highest BCUT2D eigenvalue weighted by Gasteiger charge is 2.02. The van der Waals surface area contributed by atoms with Crippen LogP contribution in [0.15, 0.2) is 30.6 Å². The molecule has 5 heteroatoms. The van der Waals surface area contributed by atoms with Gasteiger partial charge in [-0.3, -0.25) is 9.97 Å². The number of aromatic nitrogens is 2. The maximum absolute atomic E-state index is 8.68. The molecular formula is C16H16N2O3. The van der Waals surface area contributed by atoms with E-state index < -0.39 is 0 Å². The largest absolute Gasteiger partial charge is 0.497 e. The monoisotopic (exact) mass is 284 g/mol. The Morgan fingerprint density at radius 1 is 1.19 bits per heavy atom. The van der Waals surface area contributed by atoms with Crippen LogP contribution in [0.4, 0.5) is 0 Å². The maximum Gasteiger partial charge on any atom is 0.139 e. The van der Waals surface area contributed by atoms with E-state index in [0.29, 0.717) is 17.9 Å². The van der Waals surface area contributed by atoms with Gasteiger partial charge in [-0.15, -0.1) is 0 Å². The van der Waals surface area contributed by atoms with E-state index in [2.05, 4.69) is 21.8 Å². The topological polar surface area (TPSA) is 64.5 Å². The van der Waals surface area contributed by atoms with Crippen LogP contribution in [0.2, 0.25) is 0 Å². The van der Waals surface area contributed by atoms with Crippen molar-refractivity contribution in [2.75, 3.05) is 13.7 Å². The molecule has 2 heterocycles. The van der Waals surface area contributed by atoms with E-state index >= 15 is 0 Å². The van der Waals surface area contributed by atoms with Gasteiger partial charge in [0.1, 0.15) is 24.7 Å². The summed E-state index contributed by atoms with van der Waals surface area (Å²) >= 11 is 0. The van der Waals surface area contributed by atoms with Gasteiger partial charge in [-0.2, -0.15) is 0 Å². The van der Waals surface area contributed by atoms with Gasteiger partial charge in [-0.1, -0.05) is 11.8 Å². The Kier molecular flexibility index (Phi) is 5.13. The lowest BCUT2D eigenvalue weighted by Crippen LogP contribution is -2.01. The van der Waals surface area contributed by atoms with Crippen LogP contribution in [-0.4, -0.2) is 28.8 Å². The number of pyridine rings is 2. The molecular weight excluding hydrogens is 268 g/mol. The third-order valence-electron chi connectivity index (χ3n) is 2.63. The van der Waals surface area contributed by atoms with Gasteiger partial charge in [0.2, 0.25) is 0 Å². The van der Waals surface area contributed by atoms with Crippen molar-refractivity contribution in [1.29, 1.82) is 0 Å². The number of nitrogens with zero attached hydrogens (tertiary/aromatic N) is 2. The molecule has 0 unspecified atom stereocenters. The third-order valence-corrected chi connectivity index (χ3v) is 2.63. The standard InChI is InChI=1S/C16H16N2O3/c1-12-6-15(20-2)8-14(18-12)11-21-16-7-13(4-3-5-19)9-17-10-16/h6-10,19H,5,11H2,1-2H3. The highest BCUT2D eigenvalue weighted by Crippen LogP contribution is 2.16. The lowest BCUT2D eigenvalue weighted by Gasteiger charge is -2.08. The van der Waals surface area contributed by atoms with E-state index in [4.69, 9.17) is 14.6 Å². The minimum absolute atomic E-state index is 0.182. The predicted octanol–water partition coefficient (Wildman–Crippen LogP) is 1.72. The molecule has 0 saturated carbocycles. The van der Waals surface area contributed by atoms with E-state index in [1.165, 1.54) is 0 Å². The molecule has 0 spiro atoms. The SMILES string of the molecule is COc1cc(C)nc(COc2cncc(C#CCO)c2)c1. The normalized spacial score (nSPS) is 9.67. The summed E-state index contributed by atoms with van der Waals surface area (Å²) in [7, 11) is 1.62. The van der Waals surface area contributed by atoms with Crippen LogP contribution in [-0.2, 0) is 6.61 Å². The van der Waals surface area contributed by atoms with E-state index in [1.807, 2.05) is 19.1 Å². The summed E-state index contributed by atoms with van der Waals surface area (Å²) in [5.74, 6) is 6.70. The summed E-state index contributed by atoms with van der Waals surface area (Å²) in [6, 6.07) is 5.45. The molecule has 108 valence electrons. The number of hydrogen-bond acceptors (Lipinski definition) is 5. The van der Waals surface area contributed by atoms with Crippen molar-refractivity contribution in [3.05, 3.63) is 47.5 Å². The molecule has 2 aromatic rings. The number of hydrogen-bond donors (Lipinski definition) is 1. The molecule has 0 aliphatic heterocycles. The van der Waals surface area contributed by atoms with Crippen LogP contribution in [0.3, 0.4) is 0 Å². The summed E-state index contributed by atoms with van der Waals surface area (Å²) in [5, 5.41) is 8.68. The Morgan fingerprint density at radius 3 is 2.81 bits per heavy atom. The molecule has 0 amide bonds. The van der Waals surface area contributed by atoms with Crippen molar-refractivity contribution < 1.29 is 14.6 Å². The first-order valence-corrected chi connectivity index (χ1v) is 6.40. The third kappa shape index (κ3) is 4.48. The first kappa shape index (κ1) is 14.8. The van der Waals surface area contributed by atoms with E-state index in [0.717, 1.165) is 17.1 Å². The van der Waals surface area contributed by atoms with Crippen LogP contribution in [0.25, 0.3) is 0 Å². The van der Waals surface area contributed by atoms with Crippen LogP contribution >= 0.6 is 0 Å². The average Bonchev–Trinajstić information content (AvgIpc) is 2.51. The Balaban J connectivity index is 2.07. The van der Waals surface area contributed by atoms with Crippen LogP contribution < -0.4 is 9.47 Å². The molecule has 0 aromatic carbocycles. The number of ether oxygens (including phenoxy) is 2. The predicted molar refractivity (Wildman–Crippen MR) is 78.1 cm³/mol. The van der Waals surface area contributed by atoms with Crippen LogP contribution in [0.5, 0.6) is 11.5 Å². The smallest absolute Gasteiger partial charge is 0.139 e. The van der Waals surface area contributed by atoms with Gasteiger partial charge < -0.3 is 14.6 Å². The first-order valence-electron chi connectivity index (χ1n) is 6.40. The molecule has 0 fully saturated rings. The van der Waals surface area contributed by atoms with Gasteiger partial charge in [0, 0.05) is 29.6 Å². The fraction of sp³-hybridized carbons (Fsp3) is 0.250. The Labute approximate surface area is 123 Å². The van der Waals surface area contributed by atoms with Gasteiger partial charge >= 0.3 is 0 Å². The van der Waals surface area contributed by atoms with Gasteiger partial charge in [-0.25, -0.2) is 0 Å². The maximum atomic E-state index is 8.68. The fourth-order valence-corrected chi connectivity index (χ4v) is 1.76. The Bertz CT molecular complexity index is 675. The van der Waals surface area contributed by atoms with Gasteiger partial charge in [-0.05, 0) is 13.0 Å². The minimum atomic E-state index is -0.182. The highest BCUT2D eigenvalue weighted by atomic mass is 16.5. The highest BCUT2D eigenvalue weighted by molar-refractivity contribution is 5.37. The fourth-order valence-electron chi connectivity index (χ4n) is 1.76. The number of aliphatic hydroxyl groups is 1. The van der Waals surface area contributed by atoms with E-state index in [9.17, 15) is 0 Å². The quantitative estimate of drug-likeness (QED) is 0.866. The molecule has 0 atom stereocenters. The summed E-state index contributed by atoms with van der Waals surface area (Å²) in [6.45, 7) is 2.04. The Hall–Kier alpha value is -2.58. The summed E-state index contributed by atoms with van der Waals surface area (Å²) in [6.07, 6.45) is 3.22. The molecule has 0 aliphatic rings.